The van der Waals surface area contributed by atoms with E-state index in [-0.39, 0.29) is 11.5 Å². The van der Waals surface area contributed by atoms with Gasteiger partial charge in [0, 0.05) is 0 Å². The van der Waals surface area contributed by atoms with Crippen LogP contribution >= 0.6 is 0 Å². The van der Waals surface area contributed by atoms with E-state index in [9.17, 15) is 9.59 Å². The molecule has 1 heterocycles. The molecule has 0 aliphatic carbocycles. The quantitative estimate of drug-likeness (QED) is 0.0593. The number of azo groups is 1. The van der Waals surface area contributed by atoms with Crippen LogP contribution in [0.3, 0.4) is 0 Å². The lowest BCUT2D eigenvalue weighted by Gasteiger charge is -2.21. The summed E-state index contributed by atoms with van der Waals surface area (Å²) in [5, 5.41) is 8.62. The first kappa shape index (κ1) is 32.0. The molecule has 10 heteroatoms. The summed E-state index contributed by atoms with van der Waals surface area (Å²) >= 11 is 0. The summed E-state index contributed by atoms with van der Waals surface area (Å²) in [6.07, 6.45) is 4.02. The number of unbranched alkanes of at least 4 members (excludes halogenated alkanes) is 2. The Bertz CT molecular complexity index is 1630. The van der Waals surface area contributed by atoms with E-state index in [1.807, 2.05) is 0 Å². The van der Waals surface area contributed by atoms with E-state index < -0.39 is 11.9 Å². The summed E-state index contributed by atoms with van der Waals surface area (Å²) in [5.41, 5.74) is 1.71. The average molecular weight is 625 g/mol. The third-order valence-corrected chi connectivity index (χ3v) is 6.87. The van der Waals surface area contributed by atoms with Crippen molar-refractivity contribution in [3.05, 3.63) is 96.1 Å². The maximum Gasteiger partial charge on any atom is 0.343 e. The summed E-state index contributed by atoms with van der Waals surface area (Å²) in [6.45, 7) is 6.06. The van der Waals surface area contributed by atoms with Crippen LogP contribution in [0, 0.1) is 0 Å². The van der Waals surface area contributed by atoms with Gasteiger partial charge in [0.1, 0.15) is 36.1 Å². The van der Waals surface area contributed by atoms with Gasteiger partial charge in [-0.2, -0.15) is 5.11 Å². The van der Waals surface area contributed by atoms with E-state index in [1.165, 1.54) is 0 Å². The van der Waals surface area contributed by atoms with Gasteiger partial charge in [-0.15, -0.1) is 5.11 Å². The zero-order valence-corrected chi connectivity index (χ0v) is 25.9. The first-order valence-corrected chi connectivity index (χ1v) is 15.4. The van der Waals surface area contributed by atoms with Crippen molar-refractivity contribution in [3.63, 3.8) is 0 Å². The molecule has 46 heavy (non-hydrogen) atoms. The zero-order chi connectivity index (χ0) is 32.1. The van der Waals surface area contributed by atoms with Crippen LogP contribution in [0.2, 0.25) is 0 Å². The molecular formula is C36H36N2O8. The number of carbonyl (C=O) groups is 2. The van der Waals surface area contributed by atoms with Gasteiger partial charge >= 0.3 is 11.9 Å². The maximum atomic E-state index is 12.9. The molecule has 0 spiro atoms. The van der Waals surface area contributed by atoms with Crippen LogP contribution in [0.1, 0.15) is 60.2 Å². The minimum Gasteiger partial charge on any atom is -0.494 e. The molecule has 1 aliphatic rings. The number of carbonyl (C=O) groups excluding carboxylic acids is 2. The van der Waals surface area contributed by atoms with Crippen LogP contribution in [0.25, 0.3) is 0 Å². The lowest BCUT2D eigenvalue weighted by atomic mass is 10.2. The molecule has 10 nitrogen and oxygen atoms in total. The van der Waals surface area contributed by atoms with Gasteiger partial charge in [0.05, 0.1) is 30.0 Å². The molecule has 4 aromatic rings. The number of benzene rings is 4. The Morgan fingerprint density at radius 3 is 1.70 bits per heavy atom. The number of rotatable bonds is 14. The van der Waals surface area contributed by atoms with Crippen molar-refractivity contribution in [2.75, 3.05) is 26.4 Å². The third-order valence-electron chi connectivity index (χ3n) is 6.87. The molecule has 0 atom stereocenters. The second-order valence-electron chi connectivity index (χ2n) is 10.4. The molecule has 0 fully saturated rings. The highest BCUT2D eigenvalue weighted by molar-refractivity contribution is 5.92. The molecule has 0 saturated carbocycles. The lowest BCUT2D eigenvalue weighted by Crippen LogP contribution is -2.17. The third kappa shape index (κ3) is 8.62. The van der Waals surface area contributed by atoms with Crippen molar-refractivity contribution in [1.29, 1.82) is 0 Å². The molecule has 4 aromatic carbocycles. The van der Waals surface area contributed by atoms with Crippen molar-refractivity contribution in [2.24, 2.45) is 10.2 Å². The molecular weight excluding hydrogens is 588 g/mol. The van der Waals surface area contributed by atoms with Gasteiger partial charge < -0.3 is 28.4 Å². The van der Waals surface area contributed by atoms with E-state index in [4.69, 9.17) is 28.4 Å². The van der Waals surface area contributed by atoms with E-state index in [1.54, 1.807) is 84.9 Å². The fourth-order valence-electron chi connectivity index (χ4n) is 4.32. The number of hydrogen-bond donors (Lipinski definition) is 0. The Labute approximate surface area is 267 Å². The summed E-state index contributed by atoms with van der Waals surface area (Å²) in [7, 11) is 0. The monoisotopic (exact) mass is 624 g/mol. The molecule has 238 valence electrons. The number of ether oxygens (including phenoxy) is 6. The molecule has 1 aliphatic heterocycles. The van der Waals surface area contributed by atoms with Gasteiger partial charge in [0.25, 0.3) is 0 Å². The smallest absolute Gasteiger partial charge is 0.343 e. The van der Waals surface area contributed by atoms with Gasteiger partial charge in [0.2, 0.25) is 5.75 Å². The number of esters is 2. The number of fused-ring (bicyclic) bond motifs is 1. The van der Waals surface area contributed by atoms with Crippen LogP contribution in [0.4, 0.5) is 11.4 Å². The van der Waals surface area contributed by atoms with Crippen molar-refractivity contribution in [2.45, 2.75) is 39.5 Å². The van der Waals surface area contributed by atoms with Crippen molar-refractivity contribution >= 4 is 23.3 Å². The van der Waals surface area contributed by atoms with Gasteiger partial charge in [-0.25, -0.2) is 9.59 Å². The van der Waals surface area contributed by atoms with Crippen molar-refractivity contribution in [1.82, 2.24) is 0 Å². The molecule has 0 amide bonds. The highest BCUT2D eigenvalue weighted by Gasteiger charge is 2.24. The molecule has 0 saturated heterocycles. The maximum absolute atomic E-state index is 12.9. The van der Waals surface area contributed by atoms with Crippen molar-refractivity contribution in [3.8, 4) is 34.5 Å². The molecule has 0 aromatic heterocycles. The van der Waals surface area contributed by atoms with Gasteiger partial charge in [-0.3, -0.25) is 0 Å². The zero-order valence-electron chi connectivity index (χ0n) is 25.9. The summed E-state index contributed by atoms with van der Waals surface area (Å²) in [4.78, 5) is 25.4. The van der Waals surface area contributed by atoms with Crippen LogP contribution < -0.4 is 28.4 Å². The predicted octanol–water partition coefficient (Wildman–Crippen LogP) is 8.67. The number of nitrogens with zero attached hydrogens (tertiary/aromatic N) is 2. The lowest BCUT2D eigenvalue weighted by molar-refractivity contribution is 0.0716. The van der Waals surface area contributed by atoms with E-state index in [0.717, 1.165) is 25.7 Å². The topological polar surface area (TPSA) is 114 Å². The average Bonchev–Trinajstić information content (AvgIpc) is 3.09. The first-order valence-electron chi connectivity index (χ1n) is 15.4. The van der Waals surface area contributed by atoms with Gasteiger partial charge in [-0.1, -0.05) is 26.7 Å². The highest BCUT2D eigenvalue weighted by Crippen LogP contribution is 2.46. The fourth-order valence-corrected chi connectivity index (χ4v) is 4.32. The Kier molecular flexibility index (Phi) is 11.2. The summed E-state index contributed by atoms with van der Waals surface area (Å²) < 4.78 is 34.1. The Morgan fingerprint density at radius 1 is 0.609 bits per heavy atom. The Hall–Kier alpha value is -5.38. The minimum atomic E-state index is -0.542. The molecule has 0 bridgehead atoms. The largest absolute Gasteiger partial charge is 0.494 e. The van der Waals surface area contributed by atoms with Crippen LogP contribution in [-0.2, 0) is 0 Å². The van der Waals surface area contributed by atoms with Gasteiger partial charge in [-0.05, 0) is 97.8 Å². The predicted molar refractivity (Wildman–Crippen MR) is 172 cm³/mol. The van der Waals surface area contributed by atoms with Crippen LogP contribution in [0.15, 0.2) is 95.2 Å². The highest BCUT2D eigenvalue weighted by atomic mass is 16.6. The Balaban J connectivity index is 1.20. The van der Waals surface area contributed by atoms with E-state index in [0.29, 0.717) is 71.9 Å². The van der Waals surface area contributed by atoms with Gasteiger partial charge in [0.15, 0.2) is 11.5 Å². The second-order valence-corrected chi connectivity index (χ2v) is 10.4. The molecule has 0 radical (unpaired) electrons. The summed E-state index contributed by atoms with van der Waals surface area (Å²) in [5.74, 6) is 1.57. The second kappa shape index (κ2) is 16.1. The minimum absolute atomic E-state index is 0.215. The van der Waals surface area contributed by atoms with E-state index in [2.05, 4.69) is 24.1 Å². The fraction of sp³-hybridized carbons (Fsp3) is 0.278. The van der Waals surface area contributed by atoms with Crippen LogP contribution in [0.5, 0.6) is 34.5 Å². The summed E-state index contributed by atoms with van der Waals surface area (Å²) in [6, 6.07) is 23.5. The first-order chi connectivity index (χ1) is 22.5. The molecule has 5 rings (SSSR count). The van der Waals surface area contributed by atoms with Crippen molar-refractivity contribution < 1.29 is 38.0 Å². The Morgan fingerprint density at radius 2 is 1.13 bits per heavy atom. The standard InChI is InChI=1S/C36H36N2O8/c1-3-5-21-41-28-13-7-25(8-14-28)35(39)45-30-17-11-27(12-18-30)37-38-31-19-20-32(34-33(31)43-23-24-44-34)46-36(40)26-9-15-29(16-10-26)42-22-6-4-2/h7-20H,3-6,21-24H2,1-2H3. The molecule has 0 N–H and O–H groups in total. The number of hydrogen-bond acceptors (Lipinski definition) is 10. The molecule has 0 unspecified atom stereocenters. The SMILES string of the molecule is CCCCOc1ccc(C(=O)Oc2ccc(N=Nc3ccc(OC(=O)c4ccc(OCCCC)cc4)c4c3OCCO4)cc2)cc1. The van der Waals surface area contributed by atoms with Crippen LogP contribution in [-0.4, -0.2) is 38.4 Å². The normalized spacial score (nSPS) is 12.0. The van der Waals surface area contributed by atoms with E-state index >= 15 is 0 Å².